The molecule has 0 saturated carbocycles. The number of nitrogens with zero attached hydrogens (tertiary/aromatic N) is 2. The number of amides is 1. The molecule has 7 heteroatoms. The summed E-state index contributed by atoms with van der Waals surface area (Å²) in [7, 11) is 0. The van der Waals surface area contributed by atoms with E-state index in [4.69, 9.17) is 15.6 Å². The largest absolute Gasteiger partial charge is 0.480 e. The summed E-state index contributed by atoms with van der Waals surface area (Å²) in [6.07, 6.45) is 1.11. The van der Waals surface area contributed by atoms with Crippen LogP contribution >= 0.6 is 0 Å². The zero-order valence-corrected chi connectivity index (χ0v) is 11.9. The van der Waals surface area contributed by atoms with Crippen molar-refractivity contribution in [1.29, 1.82) is 0 Å². The minimum Gasteiger partial charge on any atom is -0.480 e. The van der Waals surface area contributed by atoms with Crippen molar-refractivity contribution in [1.82, 2.24) is 9.80 Å². The Hall–Kier alpha value is -1.18. The van der Waals surface area contributed by atoms with E-state index in [1.165, 1.54) is 0 Å². The molecule has 2 fully saturated rings. The highest BCUT2D eigenvalue weighted by atomic mass is 16.5. The minimum absolute atomic E-state index is 0.0246. The van der Waals surface area contributed by atoms with Crippen LogP contribution in [-0.2, 0) is 14.3 Å². The van der Waals surface area contributed by atoms with E-state index < -0.39 is 17.6 Å². The molecular weight excluding hydrogens is 262 g/mol. The van der Waals surface area contributed by atoms with Gasteiger partial charge in [-0.05, 0) is 19.8 Å². The summed E-state index contributed by atoms with van der Waals surface area (Å²) in [6, 6.07) is -0.512. The number of hydrogen-bond donors (Lipinski definition) is 2. The zero-order chi connectivity index (χ0) is 14.8. The van der Waals surface area contributed by atoms with Gasteiger partial charge in [0.2, 0.25) is 5.91 Å². The van der Waals surface area contributed by atoms with Gasteiger partial charge in [0, 0.05) is 39.4 Å². The predicted molar refractivity (Wildman–Crippen MR) is 72.2 cm³/mol. The quantitative estimate of drug-likeness (QED) is 0.698. The predicted octanol–water partition coefficient (Wildman–Crippen LogP) is -0.888. The maximum Gasteiger partial charge on any atom is 0.320 e. The molecule has 2 heterocycles. The Morgan fingerprint density at radius 1 is 1.20 bits per heavy atom. The van der Waals surface area contributed by atoms with E-state index in [9.17, 15) is 9.59 Å². The van der Waals surface area contributed by atoms with Gasteiger partial charge in [0.1, 0.15) is 6.04 Å². The number of rotatable bonds is 3. The molecule has 2 aliphatic rings. The maximum absolute atomic E-state index is 12.5. The number of hydrogen-bond acceptors (Lipinski definition) is 5. The Kier molecular flexibility index (Phi) is 4.62. The first-order valence-electron chi connectivity index (χ1n) is 7.07. The van der Waals surface area contributed by atoms with Gasteiger partial charge in [-0.3, -0.25) is 14.5 Å². The van der Waals surface area contributed by atoms with Crippen molar-refractivity contribution in [2.75, 3.05) is 39.4 Å². The molecule has 1 amide bonds. The van der Waals surface area contributed by atoms with Crippen molar-refractivity contribution in [3.8, 4) is 0 Å². The maximum atomic E-state index is 12.5. The van der Waals surface area contributed by atoms with Crippen LogP contribution in [0, 0.1) is 0 Å². The van der Waals surface area contributed by atoms with Gasteiger partial charge in [-0.25, -0.2) is 0 Å². The highest BCUT2D eigenvalue weighted by Gasteiger charge is 2.40. The monoisotopic (exact) mass is 285 g/mol. The number of nitrogens with two attached hydrogens (primary N) is 1. The lowest BCUT2D eigenvalue weighted by Gasteiger charge is -2.41. The van der Waals surface area contributed by atoms with Crippen LogP contribution in [0.25, 0.3) is 0 Å². The van der Waals surface area contributed by atoms with Gasteiger partial charge in [-0.1, -0.05) is 0 Å². The number of aliphatic carboxylic acids is 1. The third-order valence-corrected chi connectivity index (χ3v) is 4.32. The van der Waals surface area contributed by atoms with E-state index in [0.29, 0.717) is 52.2 Å². The first-order valence-corrected chi connectivity index (χ1v) is 7.07. The number of carboxylic acid groups (broad SMARTS) is 1. The number of carbonyl (C=O) groups excluding carboxylic acids is 1. The van der Waals surface area contributed by atoms with Crippen molar-refractivity contribution in [2.45, 2.75) is 31.3 Å². The molecule has 0 bridgehead atoms. The van der Waals surface area contributed by atoms with Gasteiger partial charge in [0.05, 0.1) is 5.54 Å². The molecule has 0 spiro atoms. The van der Waals surface area contributed by atoms with Gasteiger partial charge < -0.3 is 20.5 Å². The molecule has 0 radical (unpaired) electrons. The van der Waals surface area contributed by atoms with Crippen molar-refractivity contribution in [3.63, 3.8) is 0 Å². The van der Waals surface area contributed by atoms with Gasteiger partial charge in [0.15, 0.2) is 0 Å². The molecule has 0 aliphatic carbocycles. The molecule has 2 aliphatic heterocycles. The second-order valence-corrected chi connectivity index (χ2v) is 5.61. The molecule has 2 rings (SSSR count). The lowest BCUT2D eigenvalue weighted by atomic mass is 9.89. The molecule has 114 valence electrons. The van der Waals surface area contributed by atoms with Crippen molar-refractivity contribution in [2.24, 2.45) is 5.73 Å². The minimum atomic E-state index is -0.829. The van der Waals surface area contributed by atoms with Crippen LogP contribution in [-0.4, -0.2) is 77.8 Å². The van der Waals surface area contributed by atoms with E-state index in [2.05, 4.69) is 0 Å². The van der Waals surface area contributed by atoms with Crippen LogP contribution in [0.3, 0.4) is 0 Å². The van der Waals surface area contributed by atoms with E-state index in [0.717, 1.165) is 0 Å². The SMILES string of the molecule is CC(C(=O)O)N1CCN(C(=O)C2(N)CCOCC2)CC1. The molecule has 0 aromatic heterocycles. The Balaban J connectivity index is 1.90. The second kappa shape index (κ2) is 6.07. The Morgan fingerprint density at radius 2 is 1.75 bits per heavy atom. The molecule has 20 heavy (non-hydrogen) atoms. The Labute approximate surface area is 118 Å². The number of carbonyl (C=O) groups is 2. The lowest BCUT2D eigenvalue weighted by molar-refractivity contribution is -0.146. The first kappa shape index (κ1) is 15.2. The number of ether oxygens (including phenoxy) is 1. The third-order valence-electron chi connectivity index (χ3n) is 4.32. The van der Waals surface area contributed by atoms with Gasteiger partial charge in [-0.2, -0.15) is 0 Å². The smallest absolute Gasteiger partial charge is 0.320 e. The van der Waals surface area contributed by atoms with Crippen LogP contribution in [0.2, 0.25) is 0 Å². The number of carboxylic acids is 1. The number of piperazine rings is 1. The molecular formula is C13H23N3O4. The van der Waals surface area contributed by atoms with Gasteiger partial charge in [-0.15, -0.1) is 0 Å². The summed E-state index contributed by atoms with van der Waals surface area (Å²) >= 11 is 0. The fourth-order valence-electron chi connectivity index (χ4n) is 2.73. The second-order valence-electron chi connectivity index (χ2n) is 5.61. The Morgan fingerprint density at radius 3 is 2.25 bits per heavy atom. The third kappa shape index (κ3) is 3.11. The standard InChI is InChI=1S/C13H23N3O4/c1-10(11(17)18)15-4-6-16(7-5-15)12(19)13(14)2-8-20-9-3-13/h10H,2-9,14H2,1H3,(H,17,18). The first-order chi connectivity index (χ1) is 9.44. The molecule has 0 aromatic carbocycles. The highest BCUT2D eigenvalue weighted by molar-refractivity contribution is 5.86. The zero-order valence-electron chi connectivity index (χ0n) is 11.9. The van der Waals surface area contributed by atoms with Crippen LogP contribution in [0.1, 0.15) is 19.8 Å². The molecule has 0 aromatic rings. The van der Waals surface area contributed by atoms with Gasteiger partial charge in [0.25, 0.3) is 0 Å². The van der Waals surface area contributed by atoms with Crippen molar-refractivity contribution in [3.05, 3.63) is 0 Å². The molecule has 1 atom stereocenters. The lowest BCUT2D eigenvalue weighted by Crippen LogP contribution is -2.62. The van der Waals surface area contributed by atoms with E-state index in [-0.39, 0.29) is 5.91 Å². The highest BCUT2D eigenvalue weighted by Crippen LogP contribution is 2.21. The molecule has 1 unspecified atom stereocenters. The van der Waals surface area contributed by atoms with E-state index in [1.54, 1.807) is 11.8 Å². The summed E-state index contributed by atoms with van der Waals surface area (Å²) < 4.78 is 5.25. The van der Waals surface area contributed by atoms with Crippen LogP contribution in [0.15, 0.2) is 0 Å². The molecule has 3 N–H and O–H groups in total. The van der Waals surface area contributed by atoms with E-state index >= 15 is 0 Å². The van der Waals surface area contributed by atoms with Crippen molar-refractivity contribution < 1.29 is 19.4 Å². The molecule has 2 saturated heterocycles. The fourth-order valence-corrected chi connectivity index (χ4v) is 2.73. The summed E-state index contributed by atoms with van der Waals surface area (Å²) in [5.74, 6) is -0.854. The van der Waals surface area contributed by atoms with Crippen LogP contribution in [0.4, 0.5) is 0 Å². The summed E-state index contributed by atoms with van der Waals surface area (Å²) in [6.45, 7) is 4.95. The summed E-state index contributed by atoms with van der Waals surface area (Å²) in [5, 5.41) is 9.00. The van der Waals surface area contributed by atoms with Crippen LogP contribution < -0.4 is 5.73 Å². The van der Waals surface area contributed by atoms with E-state index in [1.807, 2.05) is 4.90 Å². The summed E-state index contributed by atoms with van der Waals surface area (Å²) in [5.41, 5.74) is 5.39. The van der Waals surface area contributed by atoms with Crippen LogP contribution in [0.5, 0.6) is 0 Å². The average Bonchev–Trinajstić information content (AvgIpc) is 2.46. The Bertz CT molecular complexity index is 374. The molecule has 7 nitrogen and oxygen atoms in total. The topological polar surface area (TPSA) is 96.1 Å². The normalized spacial score (nSPS) is 25.2. The average molecular weight is 285 g/mol. The fraction of sp³-hybridized carbons (Fsp3) is 0.846. The summed E-state index contributed by atoms with van der Waals surface area (Å²) in [4.78, 5) is 27.1. The van der Waals surface area contributed by atoms with Gasteiger partial charge >= 0.3 is 5.97 Å². The van der Waals surface area contributed by atoms with Crippen molar-refractivity contribution >= 4 is 11.9 Å².